The van der Waals surface area contributed by atoms with Gasteiger partial charge >= 0.3 is 0 Å². The Balaban J connectivity index is 1.45. The Morgan fingerprint density at radius 3 is 2.58 bits per heavy atom. The summed E-state index contributed by atoms with van der Waals surface area (Å²) in [5.41, 5.74) is 2.31. The van der Waals surface area contributed by atoms with Crippen LogP contribution in [0.1, 0.15) is 36.8 Å². The van der Waals surface area contributed by atoms with Crippen molar-refractivity contribution in [1.82, 2.24) is 10.2 Å². The Morgan fingerprint density at radius 2 is 1.81 bits per heavy atom. The van der Waals surface area contributed by atoms with Gasteiger partial charge in [-0.05, 0) is 49.1 Å². The van der Waals surface area contributed by atoms with Crippen LogP contribution in [0.4, 0.5) is 4.39 Å². The van der Waals surface area contributed by atoms with Gasteiger partial charge in [-0.25, -0.2) is 4.39 Å². The highest BCUT2D eigenvalue weighted by molar-refractivity contribution is 5.76. The first-order chi connectivity index (χ1) is 12.7. The van der Waals surface area contributed by atoms with E-state index in [1.54, 1.807) is 12.1 Å². The Hall–Kier alpha value is -2.20. The molecule has 0 bridgehead atoms. The Kier molecular flexibility index (Phi) is 6.78. The monoisotopic (exact) mass is 354 g/mol. The van der Waals surface area contributed by atoms with Crippen molar-refractivity contribution < 1.29 is 9.18 Å². The van der Waals surface area contributed by atoms with Crippen molar-refractivity contribution in [3.05, 3.63) is 71.5 Å². The molecule has 0 spiro atoms. The third kappa shape index (κ3) is 5.67. The quantitative estimate of drug-likeness (QED) is 0.817. The minimum Gasteiger partial charge on any atom is -0.355 e. The maximum atomic E-state index is 12.9. The number of aryl methyl sites for hydroxylation is 1. The molecule has 1 heterocycles. The molecular formula is C22H27FN2O. The van der Waals surface area contributed by atoms with Crippen molar-refractivity contribution in [1.29, 1.82) is 0 Å². The number of carbonyl (C=O) groups excluding carboxylic acids is 1. The molecule has 2 aromatic carbocycles. The number of nitrogens with one attached hydrogen (secondary N) is 1. The summed E-state index contributed by atoms with van der Waals surface area (Å²) >= 11 is 0. The van der Waals surface area contributed by atoms with Gasteiger partial charge < -0.3 is 5.32 Å². The van der Waals surface area contributed by atoms with Crippen LogP contribution in [0, 0.1) is 5.82 Å². The zero-order valence-corrected chi connectivity index (χ0v) is 15.2. The number of amides is 1. The lowest BCUT2D eigenvalue weighted by molar-refractivity contribution is -0.121. The average Bonchev–Trinajstić information content (AvgIpc) is 2.68. The van der Waals surface area contributed by atoms with E-state index in [4.69, 9.17) is 0 Å². The van der Waals surface area contributed by atoms with Gasteiger partial charge in [0.1, 0.15) is 5.82 Å². The van der Waals surface area contributed by atoms with Crippen molar-refractivity contribution in [3.63, 3.8) is 0 Å². The smallest absolute Gasteiger partial charge is 0.220 e. The molecule has 1 atom stereocenters. The minimum atomic E-state index is -0.242. The largest absolute Gasteiger partial charge is 0.355 e. The number of likely N-dealkylation sites (tertiary alicyclic amines) is 1. The molecule has 0 radical (unpaired) electrons. The summed E-state index contributed by atoms with van der Waals surface area (Å²) in [5, 5.41) is 3.10. The zero-order chi connectivity index (χ0) is 18.2. The molecule has 3 rings (SSSR count). The predicted molar refractivity (Wildman–Crippen MR) is 102 cm³/mol. The van der Waals surface area contributed by atoms with Gasteiger partial charge in [-0.3, -0.25) is 9.69 Å². The highest BCUT2D eigenvalue weighted by Crippen LogP contribution is 2.19. The molecule has 1 saturated heterocycles. The van der Waals surface area contributed by atoms with Crippen LogP contribution in [0.2, 0.25) is 0 Å². The van der Waals surface area contributed by atoms with E-state index in [1.165, 1.54) is 30.5 Å². The van der Waals surface area contributed by atoms with Gasteiger partial charge in [-0.15, -0.1) is 0 Å². The summed E-state index contributed by atoms with van der Waals surface area (Å²) in [5.74, 6) is -0.173. The van der Waals surface area contributed by atoms with E-state index in [-0.39, 0.29) is 11.7 Å². The van der Waals surface area contributed by atoms with Gasteiger partial charge in [-0.1, -0.05) is 48.9 Å². The number of halogens is 1. The summed E-state index contributed by atoms with van der Waals surface area (Å²) in [6, 6.07) is 17.3. The number of nitrogens with zero attached hydrogens (tertiary/aromatic N) is 1. The van der Waals surface area contributed by atoms with Crippen LogP contribution in [0.5, 0.6) is 0 Å². The van der Waals surface area contributed by atoms with Crippen LogP contribution in [-0.4, -0.2) is 29.9 Å². The number of piperidine rings is 1. The third-order valence-electron chi connectivity index (χ3n) is 5.07. The standard InChI is InChI=1S/C22H27FN2O/c23-20-12-9-18(10-13-20)11-14-22(26)24-16-21-8-4-5-15-25(21)17-19-6-2-1-3-7-19/h1-3,6-7,9-10,12-13,21H,4-5,8,11,14-17H2,(H,24,26). The highest BCUT2D eigenvalue weighted by Gasteiger charge is 2.22. The van der Waals surface area contributed by atoms with Gasteiger partial charge in [-0.2, -0.15) is 0 Å². The van der Waals surface area contributed by atoms with Gasteiger partial charge in [0.15, 0.2) is 0 Å². The SMILES string of the molecule is O=C(CCc1ccc(F)cc1)NCC1CCCCN1Cc1ccccc1. The third-order valence-corrected chi connectivity index (χ3v) is 5.07. The molecule has 1 amide bonds. The van der Waals surface area contributed by atoms with Crippen molar-refractivity contribution >= 4 is 5.91 Å². The van der Waals surface area contributed by atoms with Gasteiger partial charge in [0.25, 0.3) is 0 Å². The fourth-order valence-electron chi connectivity index (χ4n) is 3.55. The van der Waals surface area contributed by atoms with E-state index in [1.807, 2.05) is 6.07 Å². The van der Waals surface area contributed by atoms with Gasteiger partial charge in [0.05, 0.1) is 0 Å². The normalized spacial score (nSPS) is 17.8. The van der Waals surface area contributed by atoms with Crippen LogP contribution in [0.15, 0.2) is 54.6 Å². The fraction of sp³-hybridized carbons (Fsp3) is 0.409. The second-order valence-electron chi connectivity index (χ2n) is 7.04. The van der Waals surface area contributed by atoms with Crippen LogP contribution in [0.3, 0.4) is 0 Å². The number of rotatable bonds is 7. The number of hydrogen-bond acceptors (Lipinski definition) is 2. The summed E-state index contributed by atoms with van der Waals surface area (Å²) in [6.07, 6.45) is 4.66. The maximum absolute atomic E-state index is 12.9. The van der Waals surface area contributed by atoms with Crippen LogP contribution >= 0.6 is 0 Å². The van der Waals surface area contributed by atoms with E-state index in [2.05, 4.69) is 34.5 Å². The van der Waals surface area contributed by atoms with E-state index in [0.717, 1.165) is 25.1 Å². The van der Waals surface area contributed by atoms with Crippen molar-refractivity contribution in [2.45, 2.75) is 44.7 Å². The number of benzene rings is 2. The minimum absolute atomic E-state index is 0.0690. The average molecular weight is 354 g/mol. The summed E-state index contributed by atoms with van der Waals surface area (Å²) in [4.78, 5) is 14.7. The molecule has 0 saturated carbocycles. The lowest BCUT2D eigenvalue weighted by atomic mass is 10.0. The predicted octanol–water partition coefficient (Wildman–Crippen LogP) is 3.93. The Morgan fingerprint density at radius 1 is 1.04 bits per heavy atom. The van der Waals surface area contributed by atoms with E-state index >= 15 is 0 Å². The second kappa shape index (κ2) is 9.48. The summed E-state index contributed by atoms with van der Waals surface area (Å²) in [6.45, 7) is 2.73. The lowest BCUT2D eigenvalue weighted by Gasteiger charge is -2.36. The van der Waals surface area contributed by atoms with E-state index in [9.17, 15) is 9.18 Å². The Bertz CT molecular complexity index is 687. The molecular weight excluding hydrogens is 327 g/mol. The molecule has 1 unspecified atom stereocenters. The molecule has 1 fully saturated rings. The first kappa shape index (κ1) is 18.6. The number of hydrogen-bond donors (Lipinski definition) is 1. The molecule has 3 nitrogen and oxygen atoms in total. The highest BCUT2D eigenvalue weighted by atomic mass is 19.1. The van der Waals surface area contributed by atoms with Crippen molar-refractivity contribution in [2.75, 3.05) is 13.1 Å². The second-order valence-corrected chi connectivity index (χ2v) is 7.04. The maximum Gasteiger partial charge on any atom is 0.220 e. The fourth-order valence-corrected chi connectivity index (χ4v) is 3.55. The van der Waals surface area contributed by atoms with Crippen molar-refractivity contribution in [3.8, 4) is 0 Å². The lowest BCUT2D eigenvalue weighted by Crippen LogP contribution is -2.46. The van der Waals surface area contributed by atoms with Gasteiger partial charge in [0, 0.05) is 25.6 Å². The van der Waals surface area contributed by atoms with Crippen LogP contribution in [-0.2, 0) is 17.8 Å². The molecule has 1 aliphatic heterocycles. The Labute approximate surface area is 155 Å². The molecule has 138 valence electrons. The molecule has 1 aliphatic rings. The molecule has 0 aromatic heterocycles. The van der Waals surface area contributed by atoms with Crippen LogP contribution < -0.4 is 5.32 Å². The zero-order valence-electron chi connectivity index (χ0n) is 15.2. The molecule has 0 aliphatic carbocycles. The first-order valence-corrected chi connectivity index (χ1v) is 9.50. The number of carbonyl (C=O) groups is 1. The first-order valence-electron chi connectivity index (χ1n) is 9.50. The van der Waals surface area contributed by atoms with Crippen LogP contribution in [0.25, 0.3) is 0 Å². The molecule has 4 heteroatoms. The summed E-state index contributed by atoms with van der Waals surface area (Å²) in [7, 11) is 0. The topological polar surface area (TPSA) is 32.3 Å². The molecule has 2 aromatic rings. The van der Waals surface area contributed by atoms with E-state index in [0.29, 0.717) is 25.4 Å². The van der Waals surface area contributed by atoms with Crippen molar-refractivity contribution in [2.24, 2.45) is 0 Å². The molecule has 26 heavy (non-hydrogen) atoms. The van der Waals surface area contributed by atoms with Gasteiger partial charge in [0.2, 0.25) is 5.91 Å². The summed E-state index contributed by atoms with van der Waals surface area (Å²) < 4.78 is 12.9. The van der Waals surface area contributed by atoms with E-state index < -0.39 is 0 Å². The molecule has 1 N–H and O–H groups in total.